The summed E-state index contributed by atoms with van der Waals surface area (Å²) in [6.45, 7) is 3.90. The van der Waals surface area contributed by atoms with Crippen LogP contribution >= 0.6 is 0 Å². The van der Waals surface area contributed by atoms with Crippen LogP contribution in [0.15, 0.2) is 34.9 Å². The Kier molecular flexibility index (Phi) is 4.35. The number of aliphatic hydroxyl groups excluding tert-OH is 1. The molecule has 2 aliphatic heterocycles. The third kappa shape index (κ3) is 2.97. The average Bonchev–Trinajstić information content (AvgIpc) is 3.11. The number of aromatic nitrogens is 2. The molecule has 2 atom stereocenters. The molecule has 0 bridgehead atoms. The number of rotatable bonds is 4. The molecule has 0 aliphatic carbocycles. The highest BCUT2D eigenvalue weighted by Gasteiger charge is 2.44. The number of nitrogens with one attached hydrogen (secondary N) is 1. The first kappa shape index (κ1) is 15.7. The van der Waals surface area contributed by atoms with Crippen LogP contribution in [-0.4, -0.2) is 52.4 Å². The molecule has 128 valence electrons. The minimum absolute atomic E-state index is 0.0567. The molecule has 0 radical (unpaired) electrons. The third-order valence-corrected chi connectivity index (χ3v) is 5.52. The van der Waals surface area contributed by atoms with Crippen LogP contribution in [-0.2, 0) is 6.54 Å². The molecule has 0 spiro atoms. The number of likely N-dealkylation sites (tertiary alicyclic amines) is 1. The van der Waals surface area contributed by atoms with E-state index in [0.717, 1.165) is 50.3 Å². The largest absolute Gasteiger partial charge is 0.396 e. The van der Waals surface area contributed by atoms with E-state index in [4.69, 9.17) is 4.52 Å². The number of piperidine rings is 2. The Morgan fingerprint density at radius 1 is 1.29 bits per heavy atom. The second-order valence-electron chi connectivity index (χ2n) is 7.00. The van der Waals surface area contributed by atoms with Crippen molar-refractivity contribution < 1.29 is 9.63 Å². The molecule has 6 nitrogen and oxygen atoms in total. The van der Waals surface area contributed by atoms with Crippen LogP contribution in [0.3, 0.4) is 0 Å². The maximum absolute atomic E-state index is 9.88. The monoisotopic (exact) mass is 328 g/mol. The summed E-state index contributed by atoms with van der Waals surface area (Å²) >= 11 is 0. The quantitative estimate of drug-likeness (QED) is 0.889. The van der Waals surface area contributed by atoms with Crippen molar-refractivity contribution in [2.75, 3.05) is 26.2 Å². The molecule has 0 unspecified atom stereocenters. The Balaban J connectivity index is 1.43. The van der Waals surface area contributed by atoms with Crippen molar-refractivity contribution in [3.05, 3.63) is 36.2 Å². The molecule has 0 saturated carbocycles. The highest BCUT2D eigenvalue weighted by Crippen LogP contribution is 2.38. The Bertz CT molecular complexity index is 675. The molecule has 24 heavy (non-hydrogen) atoms. The van der Waals surface area contributed by atoms with Gasteiger partial charge >= 0.3 is 0 Å². The van der Waals surface area contributed by atoms with Gasteiger partial charge in [-0.15, -0.1) is 0 Å². The fourth-order valence-corrected chi connectivity index (χ4v) is 4.02. The Morgan fingerprint density at radius 2 is 2.17 bits per heavy atom. The molecule has 1 aromatic heterocycles. The van der Waals surface area contributed by atoms with Crippen LogP contribution in [0.2, 0.25) is 0 Å². The van der Waals surface area contributed by atoms with Crippen molar-refractivity contribution in [2.45, 2.75) is 31.8 Å². The smallest absolute Gasteiger partial charge is 0.257 e. The molecule has 6 heteroatoms. The molecule has 2 aromatic rings. The molecular formula is C18H24N4O2. The Labute approximate surface area is 141 Å². The van der Waals surface area contributed by atoms with E-state index in [9.17, 15) is 5.11 Å². The fraction of sp³-hybridized carbons (Fsp3) is 0.556. The molecule has 3 heterocycles. The standard InChI is InChI=1S/C18H24N4O2/c23-13-18-7-4-9-19-15(18)11-22(10-8-18)12-16-20-17(24-21-16)14-5-2-1-3-6-14/h1-3,5-6,15,19,23H,4,7-13H2/t15-,18-/m1/s1. The van der Waals surface area contributed by atoms with E-state index < -0.39 is 0 Å². The van der Waals surface area contributed by atoms with Crippen molar-refractivity contribution >= 4 is 0 Å². The number of benzene rings is 1. The number of aliphatic hydroxyl groups is 1. The molecule has 1 aromatic carbocycles. The lowest BCUT2D eigenvalue weighted by Crippen LogP contribution is -2.61. The minimum Gasteiger partial charge on any atom is -0.396 e. The Hall–Kier alpha value is -1.76. The topological polar surface area (TPSA) is 74.4 Å². The highest BCUT2D eigenvalue weighted by molar-refractivity contribution is 5.51. The maximum Gasteiger partial charge on any atom is 0.257 e. The Morgan fingerprint density at radius 3 is 3.00 bits per heavy atom. The van der Waals surface area contributed by atoms with Crippen LogP contribution in [0.1, 0.15) is 25.1 Å². The van der Waals surface area contributed by atoms with Crippen LogP contribution < -0.4 is 5.32 Å². The van der Waals surface area contributed by atoms with Gasteiger partial charge < -0.3 is 14.9 Å². The predicted octanol–water partition coefficient (Wildman–Crippen LogP) is 1.67. The zero-order valence-electron chi connectivity index (χ0n) is 13.8. The third-order valence-electron chi connectivity index (χ3n) is 5.52. The molecule has 2 aliphatic rings. The highest BCUT2D eigenvalue weighted by atomic mass is 16.5. The summed E-state index contributed by atoms with van der Waals surface area (Å²) in [7, 11) is 0. The SMILES string of the molecule is OC[C@]12CCCN[C@@H]1CN(Cc1noc(-c3ccccc3)n1)CC2. The van der Waals surface area contributed by atoms with Gasteiger partial charge in [-0.3, -0.25) is 4.90 Å². The van der Waals surface area contributed by atoms with E-state index in [0.29, 0.717) is 18.5 Å². The zero-order chi connectivity index (χ0) is 16.4. The van der Waals surface area contributed by atoms with Crippen molar-refractivity contribution in [3.63, 3.8) is 0 Å². The van der Waals surface area contributed by atoms with E-state index in [1.165, 1.54) is 0 Å². The fourth-order valence-electron chi connectivity index (χ4n) is 4.02. The van der Waals surface area contributed by atoms with Gasteiger partial charge in [-0.25, -0.2) is 0 Å². The van der Waals surface area contributed by atoms with Gasteiger partial charge in [0.2, 0.25) is 0 Å². The second-order valence-corrected chi connectivity index (χ2v) is 7.00. The van der Waals surface area contributed by atoms with Crippen molar-refractivity contribution in [1.29, 1.82) is 0 Å². The summed E-state index contributed by atoms with van der Waals surface area (Å²) in [6, 6.07) is 10.2. The first-order chi connectivity index (χ1) is 11.8. The minimum atomic E-state index is 0.0567. The summed E-state index contributed by atoms with van der Waals surface area (Å²) < 4.78 is 5.40. The summed E-state index contributed by atoms with van der Waals surface area (Å²) in [4.78, 5) is 6.88. The van der Waals surface area contributed by atoms with Gasteiger partial charge in [-0.1, -0.05) is 23.4 Å². The van der Waals surface area contributed by atoms with Gasteiger partial charge in [0.05, 0.1) is 13.2 Å². The van der Waals surface area contributed by atoms with E-state index >= 15 is 0 Å². The van der Waals surface area contributed by atoms with Crippen LogP contribution in [0, 0.1) is 5.41 Å². The van der Waals surface area contributed by atoms with Crippen molar-refractivity contribution in [1.82, 2.24) is 20.4 Å². The van der Waals surface area contributed by atoms with Gasteiger partial charge in [0.25, 0.3) is 5.89 Å². The average molecular weight is 328 g/mol. The summed E-state index contributed by atoms with van der Waals surface area (Å²) in [5, 5.41) is 17.6. The molecular weight excluding hydrogens is 304 g/mol. The van der Waals surface area contributed by atoms with E-state index in [-0.39, 0.29) is 12.0 Å². The zero-order valence-corrected chi connectivity index (χ0v) is 13.8. The summed E-state index contributed by atoms with van der Waals surface area (Å²) in [5.74, 6) is 1.30. The van der Waals surface area contributed by atoms with E-state index in [2.05, 4.69) is 20.4 Å². The second kappa shape index (κ2) is 6.63. The van der Waals surface area contributed by atoms with Gasteiger partial charge in [0, 0.05) is 23.6 Å². The molecule has 2 fully saturated rings. The number of hydrogen-bond donors (Lipinski definition) is 2. The first-order valence-corrected chi connectivity index (χ1v) is 8.74. The summed E-state index contributed by atoms with van der Waals surface area (Å²) in [6.07, 6.45) is 3.29. The normalized spacial score (nSPS) is 27.8. The van der Waals surface area contributed by atoms with E-state index in [1.807, 2.05) is 30.3 Å². The number of hydrogen-bond acceptors (Lipinski definition) is 6. The van der Waals surface area contributed by atoms with Crippen LogP contribution in [0.4, 0.5) is 0 Å². The predicted molar refractivity (Wildman–Crippen MR) is 90.2 cm³/mol. The molecule has 0 amide bonds. The van der Waals surface area contributed by atoms with Gasteiger partial charge in [0.15, 0.2) is 5.82 Å². The lowest BCUT2D eigenvalue weighted by atomic mass is 9.70. The van der Waals surface area contributed by atoms with Crippen LogP contribution in [0.5, 0.6) is 0 Å². The lowest BCUT2D eigenvalue weighted by molar-refractivity contribution is -0.0158. The molecule has 2 saturated heterocycles. The van der Waals surface area contributed by atoms with Gasteiger partial charge in [0.1, 0.15) is 0 Å². The molecule has 4 rings (SSSR count). The van der Waals surface area contributed by atoms with Crippen LogP contribution in [0.25, 0.3) is 11.5 Å². The number of fused-ring (bicyclic) bond motifs is 1. The maximum atomic E-state index is 9.88. The van der Waals surface area contributed by atoms with Gasteiger partial charge in [-0.05, 0) is 44.5 Å². The first-order valence-electron chi connectivity index (χ1n) is 8.74. The van der Waals surface area contributed by atoms with Crippen molar-refractivity contribution in [2.24, 2.45) is 5.41 Å². The van der Waals surface area contributed by atoms with Crippen molar-refractivity contribution in [3.8, 4) is 11.5 Å². The lowest BCUT2D eigenvalue weighted by Gasteiger charge is -2.50. The summed E-state index contributed by atoms with van der Waals surface area (Å²) in [5.41, 5.74) is 1.00. The van der Waals surface area contributed by atoms with E-state index in [1.54, 1.807) is 0 Å². The molecule has 2 N–H and O–H groups in total. The number of nitrogens with zero attached hydrogens (tertiary/aromatic N) is 3. The van der Waals surface area contributed by atoms with Gasteiger partial charge in [-0.2, -0.15) is 4.98 Å².